The number of benzene rings is 3. The lowest BCUT2D eigenvalue weighted by Crippen LogP contribution is -2.19. The Hall–Kier alpha value is -4.85. The molecule has 8 heteroatoms. The van der Waals surface area contributed by atoms with Gasteiger partial charge in [0.25, 0.3) is 0 Å². The Morgan fingerprint density at radius 2 is 1.74 bits per heavy atom. The summed E-state index contributed by atoms with van der Waals surface area (Å²) in [6.45, 7) is 0. The summed E-state index contributed by atoms with van der Waals surface area (Å²) in [5.74, 6) is 2.12. The Morgan fingerprint density at radius 3 is 2.60 bits per heavy atom. The van der Waals surface area contributed by atoms with Crippen molar-refractivity contribution in [2.75, 3.05) is 30.1 Å². The molecular formula is C27H24N6O2. The van der Waals surface area contributed by atoms with Crippen molar-refractivity contribution < 1.29 is 9.53 Å². The number of ether oxygens (including phenoxy) is 1. The number of urea groups is 1. The van der Waals surface area contributed by atoms with Crippen molar-refractivity contribution in [1.29, 1.82) is 0 Å². The number of amides is 2. The molecular weight excluding hydrogens is 440 g/mol. The third-order valence-corrected chi connectivity index (χ3v) is 5.66. The van der Waals surface area contributed by atoms with Crippen molar-refractivity contribution in [3.8, 4) is 22.7 Å². The summed E-state index contributed by atoms with van der Waals surface area (Å²) in [5.41, 5.74) is 4.30. The van der Waals surface area contributed by atoms with Crippen LogP contribution >= 0.6 is 0 Å². The van der Waals surface area contributed by atoms with Crippen LogP contribution in [0.25, 0.3) is 27.8 Å². The maximum absolute atomic E-state index is 12.6. The lowest BCUT2D eigenvalue weighted by Gasteiger charge is -2.12. The largest absolute Gasteiger partial charge is 0.495 e. The quantitative estimate of drug-likeness (QED) is 0.296. The van der Waals surface area contributed by atoms with Crippen LogP contribution in [-0.4, -0.2) is 34.7 Å². The first-order chi connectivity index (χ1) is 17.1. The summed E-state index contributed by atoms with van der Waals surface area (Å²) in [6.07, 6.45) is 3.54. The standard InChI is InChI=1S/C27H24N6O2/c1-28-25-16-26(30-17-29-25)33-13-12-18-10-11-20(15-23(18)33)19-6-5-7-21(14-19)31-27(34)32-22-8-3-4-9-24(22)35-2/h3-17H,1-2H3,(H,28,29,30)(H2,31,32,34). The fraction of sp³-hybridized carbons (Fsp3) is 0.0741. The third kappa shape index (κ3) is 4.63. The van der Waals surface area contributed by atoms with Gasteiger partial charge in [0.15, 0.2) is 0 Å². The second kappa shape index (κ2) is 9.56. The minimum atomic E-state index is -0.347. The van der Waals surface area contributed by atoms with E-state index < -0.39 is 0 Å². The Kier molecular flexibility index (Phi) is 6.00. The van der Waals surface area contributed by atoms with Crippen LogP contribution in [0, 0.1) is 0 Å². The minimum Gasteiger partial charge on any atom is -0.495 e. The van der Waals surface area contributed by atoms with Gasteiger partial charge < -0.3 is 25.3 Å². The Labute approximate surface area is 202 Å². The highest BCUT2D eigenvalue weighted by Crippen LogP contribution is 2.29. The van der Waals surface area contributed by atoms with Crippen molar-refractivity contribution in [2.24, 2.45) is 0 Å². The maximum Gasteiger partial charge on any atom is 0.323 e. The van der Waals surface area contributed by atoms with Crippen LogP contribution < -0.4 is 20.7 Å². The molecule has 0 aliphatic carbocycles. The molecule has 0 radical (unpaired) electrons. The summed E-state index contributed by atoms with van der Waals surface area (Å²) < 4.78 is 7.33. The first-order valence-electron chi connectivity index (χ1n) is 11.1. The van der Waals surface area contributed by atoms with Gasteiger partial charge in [-0.15, -0.1) is 0 Å². The van der Waals surface area contributed by atoms with E-state index in [0.717, 1.165) is 33.7 Å². The molecule has 174 valence electrons. The molecule has 35 heavy (non-hydrogen) atoms. The zero-order valence-electron chi connectivity index (χ0n) is 19.3. The van der Waals surface area contributed by atoms with Crippen LogP contribution in [-0.2, 0) is 0 Å². The Balaban J connectivity index is 1.41. The first kappa shape index (κ1) is 22.0. The van der Waals surface area contributed by atoms with E-state index in [1.165, 1.54) is 0 Å². The Morgan fingerprint density at radius 1 is 0.886 bits per heavy atom. The molecule has 5 aromatic rings. The van der Waals surface area contributed by atoms with E-state index in [9.17, 15) is 4.79 Å². The smallest absolute Gasteiger partial charge is 0.323 e. The van der Waals surface area contributed by atoms with Gasteiger partial charge in [0.05, 0.1) is 18.3 Å². The van der Waals surface area contributed by atoms with Crippen LogP contribution in [0.4, 0.5) is 22.0 Å². The molecule has 0 saturated heterocycles. The molecule has 2 heterocycles. The summed E-state index contributed by atoms with van der Waals surface area (Å²) in [7, 11) is 3.40. The number of methoxy groups -OCH3 is 1. The molecule has 0 unspecified atom stereocenters. The van der Waals surface area contributed by atoms with E-state index in [-0.39, 0.29) is 6.03 Å². The second-order valence-corrected chi connectivity index (χ2v) is 7.83. The third-order valence-electron chi connectivity index (χ3n) is 5.66. The first-order valence-corrected chi connectivity index (χ1v) is 11.1. The van der Waals surface area contributed by atoms with Crippen molar-refractivity contribution >= 4 is 34.1 Å². The van der Waals surface area contributed by atoms with E-state index in [0.29, 0.717) is 17.1 Å². The number of rotatable bonds is 6. The molecule has 0 atom stereocenters. The zero-order chi connectivity index (χ0) is 24.2. The predicted octanol–water partition coefficient (Wildman–Crippen LogP) is 5.78. The van der Waals surface area contributed by atoms with Crippen molar-refractivity contribution in [1.82, 2.24) is 14.5 Å². The maximum atomic E-state index is 12.6. The van der Waals surface area contributed by atoms with Gasteiger partial charge in [-0.3, -0.25) is 0 Å². The molecule has 2 aromatic heterocycles. The topological polar surface area (TPSA) is 93.1 Å². The molecule has 0 spiro atoms. The number of hydrogen-bond acceptors (Lipinski definition) is 5. The van der Waals surface area contributed by atoms with Gasteiger partial charge in [0, 0.05) is 30.4 Å². The number of anilines is 3. The highest BCUT2D eigenvalue weighted by Gasteiger charge is 2.10. The minimum absolute atomic E-state index is 0.347. The molecule has 3 aromatic carbocycles. The monoisotopic (exact) mass is 464 g/mol. The molecule has 0 aliphatic rings. The lowest BCUT2D eigenvalue weighted by molar-refractivity contribution is 0.262. The van der Waals surface area contributed by atoms with Gasteiger partial charge >= 0.3 is 6.03 Å². The van der Waals surface area contributed by atoms with E-state index in [4.69, 9.17) is 4.74 Å². The van der Waals surface area contributed by atoms with Gasteiger partial charge in [0.1, 0.15) is 23.7 Å². The van der Waals surface area contributed by atoms with Gasteiger partial charge in [-0.05, 0) is 47.5 Å². The molecule has 5 rings (SSSR count). The van der Waals surface area contributed by atoms with Crippen molar-refractivity contribution in [3.63, 3.8) is 0 Å². The van der Waals surface area contributed by atoms with Crippen LogP contribution in [0.15, 0.2) is 91.4 Å². The van der Waals surface area contributed by atoms with Crippen molar-refractivity contribution in [3.05, 3.63) is 91.4 Å². The number of para-hydroxylation sites is 2. The SMILES string of the molecule is CNc1cc(-n2ccc3ccc(-c4cccc(NC(=O)Nc5ccccc5OC)c4)cc32)ncn1. The van der Waals surface area contributed by atoms with Crippen LogP contribution in [0.2, 0.25) is 0 Å². The highest BCUT2D eigenvalue weighted by atomic mass is 16.5. The number of nitrogens with zero attached hydrogens (tertiary/aromatic N) is 3. The number of aromatic nitrogens is 3. The van der Waals surface area contributed by atoms with E-state index in [2.05, 4.69) is 50.2 Å². The molecule has 0 aliphatic heterocycles. The molecule has 8 nitrogen and oxygen atoms in total. The normalized spacial score (nSPS) is 10.7. The van der Waals surface area contributed by atoms with Gasteiger partial charge in [0.2, 0.25) is 0 Å². The summed E-state index contributed by atoms with van der Waals surface area (Å²) >= 11 is 0. The zero-order valence-corrected chi connectivity index (χ0v) is 19.3. The van der Waals surface area contributed by atoms with E-state index >= 15 is 0 Å². The van der Waals surface area contributed by atoms with Gasteiger partial charge in [-0.25, -0.2) is 14.8 Å². The van der Waals surface area contributed by atoms with Crippen LogP contribution in [0.1, 0.15) is 0 Å². The molecule has 0 saturated carbocycles. The second-order valence-electron chi connectivity index (χ2n) is 7.83. The fourth-order valence-corrected chi connectivity index (χ4v) is 3.93. The van der Waals surface area contributed by atoms with Gasteiger partial charge in [-0.1, -0.05) is 36.4 Å². The molecule has 3 N–H and O–H groups in total. The number of fused-ring (bicyclic) bond motifs is 1. The number of carbonyl (C=O) groups is 1. The van der Waals surface area contributed by atoms with E-state index in [1.54, 1.807) is 25.6 Å². The van der Waals surface area contributed by atoms with E-state index in [1.807, 2.05) is 60.3 Å². The average Bonchev–Trinajstić information content (AvgIpc) is 3.32. The summed E-state index contributed by atoms with van der Waals surface area (Å²) in [5, 5.41) is 9.88. The average molecular weight is 465 g/mol. The predicted molar refractivity (Wildman–Crippen MR) is 139 cm³/mol. The fourth-order valence-electron chi connectivity index (χ4n) is 3.93. The number of hydrogen-bond donors (Lipinski definition) is 3. The van der Waals surface area contributed by atoms with Crippen molar-refractivity contribution in [2.45, 2.75) is 0 Å². The number of carbonyl (C=O) groups excluding carboxylic acids is 1. The molecule has 0 bridgehead atoms. The van der Waals surface area contributed by atoms with Gasteiger partial charge in [-0.2, -0.15) is 0 Å². The summed E-state index contributed by atoms with van der Waals surface area (Å²) in [6, 6.07) is 24.9. The molecule has 2 amide bonds. The number of nitrogens with one attached hydrogen (secondary N) is 3. The molecule has 0 fully saturated rings. The lowest BCUT2D eigenvalue weighted by atomic mass is 10.0. The Bertz CT molecular complexity index is 1510. The summed E-state index contributed by atoms with van der Waals surface area (Å²) in [4.78, 5) is 21.2. The highest BCUT2D eigenvalue weighted by molar-refractivity contribution is 6.01. The van der Waals surface area contributed by atoms with Crippen LogP contribution in [0.3, 0.4) is 0 Å². The van der Waals surface area contributed by atoms with Crippen LogP contribution in [0.5, 0.6) is 5.75 Å².